The SMILES string of the molecule is CC1(C)c2ccc(Cl)cc2-c2ccc(-c3cccc4c3-c3ccccc3C43C4CC5CC(C4)CC3C5)cc21. The van der Waals surface area contributed by atoms with Crippen LogP contribution in [0.1, 0.15) is 68.2 Å². The third-order valence-corrected chi connectivity index (χ3v) is 11.8. The lowest BCUT2D eigenvalue weighted by atomic mass is 9.43. The maximum atomic E-state index is 6.44. The molecule has 0 radical (unpaired) electrons. The Hall–Kier alpha value is -2.83. The molecular formula is C37H33Cl. The summed E-state index contributed by atoms with van der Waals surface area (Å²) in [6, 6.07) is 30.4. The Balaban J connectivity index is 1.27. The first-order valence-corrected chi connectivity index (χ1v) is 15.0. The van der Waals surface area contributed by atoms with Gasteiger partial charge < -0.3 is 0 Å². The van der Waals surface area contributed by atoms with Crippen LogP contribution >= 0.6 is 11.6 Å². The molecule has 6 aliphatic rings. The van der Waals surface area contributed by atoms with E-state index in [1.807, 2.05) is 6.07 Å². The molecule has 0 unspecified atom stereocenters. The second-order valence-electron chi connectivity index (χ2n) is 13.5. The molecule has 38 heavy (non-hydrogen) atoms. The van der Waals surface area contributed by atoms with Crippen molar-refractivity contribution in [2.45, 2.75) is 56.8 Å². The Kier molecular flexibility index (Phi) is 4.19. The molecule has 4 saturated carbocycles. The molecule has 6 aliphatic carbocycles. The van der Waals surface area contributed by atoms with E-state index in [2.05, 4.69) is 86.6 Å². The summed E-state index contributed by atoms with van der Waals surface area (Å²) in [5.74, 6) is 3.54. The molecule has 1 heteroatoms. The van der Waals surface area contributed by atoms with Gasteiger partial charge in [-0.2, -0.15) is 0 Å². The van der Waals surface area contributed by atoms with Crippen molar-refractivity contribution in [1.29, 1.82) is 0 Å². The van der Waals surface area contributed by atoms with Crippen LogP contribution in [0.3, 0.4) is 0 Å². The number of halogens is 1. The zero-order valence-electron chi connectivity index (χ0n) is 22.2. The van der Waals surface area contributed by atoms with Gasteiger partial charge in [0.25, 0.3) is 0 Å². The lowest BCUT2D eigenvalue weighted by Crippen LogP contribution is -2.55. The van der Waals surface area contributed by atoms with Crippen LogP contribution in [-0.2, 0) is 10.8 Å². The number of fused-ring (bicyclic) bond motifs is 6. The summed E-state index contributed by atoms with van der Waals surface area (Å²) in [6.45, 7) is 4.73. The third kappa shape index (κ3) is 2.54. The highest BCUT2D eigenvalue weighted by Crippen LogP contribution is 2.70. The van der Waals surface area contributed by atoms with Gasteiger partial charge in [0, 0.05) is 15.9 Å². The van der Waals surface area contributed by atoms with E-state index >= 15 is 0 Å². The minimum Gasteiger partial charge on any atom is -0.0843 e. The highest BCUT2D eigenvalue weighted by Gasteiger charge is 2.61. The quantitative estimate of drug-likeness (QED) is 0.238. The van der Waals surface area contributed by atoms with E-state index in [0.717, 1.165) is 28.7 Å². The zero-order chi connectivity index (χ0) is 25.4. The van der Waals surface area contributed by atoms with Gasteiger partial charge in [-0.15, -0.1) is 0 Å². The van der Waals surface area contributed by atoms with Crippen molar-refractivity contribution in [3.05, 3.63) is 106 Å². The second-order valence-corrected chi connectivity index (χ2v) is 14.0. The molecule has 1 spiro atoms. The Bertz CT molecular complexity index is 1640. The van der Waals surface area contributed by atoms with Crippen LogP contribution in [0.15, 0.2) is 78.9 Å². The molecule has 4 bridgehead atoms. The largest absolute Gasteiger partial charge is 0.0843 e. The first-order valence-electron chi connectivity index (χ1n) is 14.6. The predicted octanol–water partition coefficient (Wildman–Crippen LogP) is 10.0. The van der Waals surface area contributed by atoms with Gasteiger partial charge in [0.2, 0.25) is 0 Å². The van der Waals surface area contributed by atoms with Crippen LogP contribution in [-0.4, -0.2) is 0 Å². The van der Waals surface area contributed by atoms with Gasteiger partial charge in [0.1, 0.15) is 0 Å². The van der Waals surface area contributed by atoms with Crippen LogP contribution in [0, 0.1) is 23.7 Å². The number of hydrogen-bond donors (Lipinski definition) is 0. The molecule has 188 valence electrons. The monoisotopic (exact) mass is 512 g/mol. The van der Waals surface area contributed by atoms with Gasteiger partial charge in [-0.3, -0.25) is 0 Å². The third-order valence-electron chi connectivity index (χ3n) is 11.5. The van der Waals surface area contributed by atoms with E-state index in [1.54, 1.807) is 11.1 Å². The van der Waals surface area contributed by atoms with Crippen molar-refractivity contribution >= 4 is 11.6 Å². The van der Waals surface area contributed by atoms with E-state index < -0.39 is 0 Å². The standard InChI is InChI=1S/C37H33Cl/c1-36(2)31-13-11-26(38)20-30(31)28-12-10-23(19-34(28)36)27-7-5-9-33-35(27)29-6-3-4-8-32(29)37(33)24-15-21-14-22(17-24)18-25(37)16-21/h3-13,19-22,24-25H,14-18H2,1-2H3. The van der Waals surface area contributed by atoms with E-state index in [9.17, 15) is 0 Å². The maximum absolute atomic E-state index is 6.44. The Morgan fingerprint density at radius 2 is 1.29 bits per heavy atom. The number of rotatable bonds is 1. The molecule has 0 N–H and O–H groups in total. The molecular weight excluding hydrogens is 480 g/mol. The Morgan fingerprint density at radius 3 is 2.08 bits per heavy atom. The molecule has 0 amide bonds. The van der Waals surface area contributed by atoms with E-state index in [0.29, 0.717) is 0 Å². The van der Waals surface area contributed by atoms with Crippen molar-refractivity contribution in [3.63, 3.8) is 0 Å². The first kappa shape index (κ1) is 22.0. The number of hydrogen-bond acceptors (Lipinski definition) is 0. The molecule has 0 saturated heterocycles. The Labute approximate surface area is 231 Å². The van der Waals surface area contributed by atoms with Gasteiger partial charge in [-0.05, 0) is 130 Å². The molecule has 4 aromatic carbocycles. The minimum absolute atomic E-state index is 0.0379. The van der Waals surface area contributed by atoms with Crippen LogP contribution in [0.25, 0.3) is 33.4 Å². The van der Waals surface area contributed by atoms with Crippen molar-refractivity contribution in [1.82, 2.24) is 0 Å². The summed E-state index contributed by atoms with van der Waals surface area (Å²) in [5, 5.41) is 0.815. The van der Waals surface area contributed by atoms with Gasteiger partial charge in [0.15, 0.2) is 0 Å². The minimum atomic E-state index is -0.0379. The van der Waals surface area contributed by atoms with Gasteiger partial charge in [0.05, 0.1) is 0 Å². The fourth-order valence-corrected chi connectivity index (χ4v) is 10.5. The van der Waals surface area contributed by atoms with Gasteiger partial charge in [-0.1, -0.05) is 86.1 Å². The summed E-state index contributed by atoms with van der Waals surface area (Å²) in [5.41, 5.74) is 14.7. The maximum Gasteiger partial charge on any atom is 0.0412 e. The van der Waals surface area contributed by atoms with Crippen LogP contribution < -0.4 is 0 Å². The van der Waals surface area contributed by atoms with Gasteiger partial charge in [-0.25, -0.2) is 0 Å². The van der Waals surface area contributed by atoms with Crippen molar-refractivity contribution in [2.24, 2.45) is 23.7 Å². The lowest BCUT2D eigenvalue weighted by Gasteiger charge is -2.61. The summed E-state index contributed by atoms with van der Waals surface area (Å²) in [6.07, 6.45) is 7.21. The van der Waals surface area contributed by atoms with E-state index in [1.165, 1.54) is 76.6 Å². The fourth-order valence-electron chi connectivity index (χ4n) is 10.3. The molecule has 0 aromatic heterocycles. The molecule has 0 aliphatic heterocycles. The van der Waals surface area contributed by atoms with Crippen molar-refractivity contribution < 1.29 is 0 Å². The summed E-state index contributed by atoms with van der Waals surface area (Å²) in [4.78, 5) is 0. The average Bonchev–Trinajstić information content (AvgIpc) is 3.33. The first-order chi connectivity index (χ1) is 18.5. The van der Waals surface area contributed by atoms with E-state index in [-0.39, 0.29) is 10.8 Å². The molecule has 0 heterocycles. The van der Waals surface area contributed by atoms with Crippen molar-refractivity contribution in [2.75, 3.05) is 0 Å². The number of benzene rings is 4. The smallest absolute Gasteiger partial charge is 0.0412 e. The zero-order valence-corrected chi connectivity index (χ0v) is 23.0. The van der Waals surface area contributed by atoms with Crippen molar-refractivity contribution in [3.8, 4) is 33.4 Å². The lowest BCUT2D eigenvalue weighted by molar-refractivity contribution is -0.0399. The summed E-state index contributed by atoms with van der Waals surface area (Å²) in [7, 11) is 0. The van der Waals surface area contributed by atoms with Crippen LogP contribution in [0.4, 0.5) is 0 Å². The predicted molar refractivity (Wildman–Crippen MR) is 158 cm³/mol. The summed E-state index contributed by atoms with van der Waals surface area (Å²) < 4.78 is 0. The highest BCUT2D eigenvalue weighted by molar-refractivity contribution is 6.31. The highest BCUT2D eigenvalue weighted by atomic mass is 35.5. The molecule has 4 aromatic rings. The van der Waals surface area contributed by atoms with Crippen LogP contribution in [0.2, 0.25) is 5.02 Å². The van der Waals surface area contributed by atoms with Crippen LogP contribution in [0.5, 0.6) is 0 Å². The Morgan fingerprint density at radius 1 is 0.579 bits per heavy atom. The second kappa shape index (κ2) is 7.22. The topological polar surface area (TPSA) is 0 Å². The fraction of sp³-hybridized carbons (Fsp3) is 0.351. The molecule has 0 nitrogen and oxygen atoms in total. The summed E-state index contributed by atoms with van der Waals surface area (Å²) >= 11 is 6.44. The average molecular weight is 513 g/mol. The molecule has 0 atom stereocenters. The van der Waals surface area contributed by atoms with Gasteiger partial charge >= 0.3 is 0 Å². The molecule has 4 fully saturated rings. The van der Waals surface area contributed by atoms with E-state index in [4.69, 9.17) is 11.6 Å². The molecule has 10 rings (SSSR count). The normalized spacial score (nSPS) is 30.3.